The van der Waals surface area contributed by atoms with Gasteiger partial charge in [0.25, 0.3) is 0 Å². The number of likely N-dealkylation sites (N-methyl/N-ethyl adjacent to an activating group) is 1. The van der Waals surface area contributed by atoms with Crippen LogP contribution in [0, 0.1) is 0 Å². The quantitative estimate of drug-likeness (QED) is 0.927. The zero-order chi connectivity index (χ0) is 14.7. The van der Waals surface area contributed by atoms with E-state index in [1.807, 2.05) is 6.92 Å². The molecule has 1 aliphatic heterocycles. The summed E-state index contributed by atoms with van der Waals surface area (Å²) in [4.78, 5) is 4.72. The van der Waals surface area contributed by atoms with Crippen LogP contribution in [0.5, 0.6) is 0 Å². The first-order chi connectivity index (χ1) is 9.47. The summed E-state index contributed by atoms with van der Waals surface area (Å²) in [5, 5.41) is 0.850. The van der Waals surface area contributed by atoms with E-state index in [1.54, 1.807) is 0 Å². The number of rotatable bonds is 4. The van der Waals surface area contributed by atoms with Gasteiger partial charge in [0.05, 0.1) is 10.7 Å². The number of hydrogen-bond acceptors (Lipinski definition) is 3. The zero-order valence-corrected chi connectivity index (χ0v) is 13.5. The van der Waals surface area contributed by atoms with Gasteiger partial charge < -0.3 is 15.5 Å². The summed E-state index contributed by atoms with van der Waals surface area (Å²) in [5.41, 5.74) is 8.22. The van der Waals surface area contributed by atoms with E-state index in [0.29, 0.717) is 6.04 Å². The molecule has 2 atom stereocenters. The van der Waals surface area contributed by atoms with Gasteiger partial charge in [0.2, 0.25) is 0 Å². The summed E-state index contributed by atoms with van der Waals surface area (Å²) in [6.45, 7) is 4.17. The van der Waals surface area contributed by atoms with E-state index in [4.69, 9.17) is 17.3 Å². The van der Waals surface area contributed by atoms with E-state index < -0.39 is 0 Å². The number of hydrogen-bond donors (Lipinski definition) is 1. The second-order valence-electron chi connectivity index (χ2n) is 6.17. The van der Waals surface area contributed by atoms with Gasteiger partial charge in [-0.1, -0.05) is 17.7 Å². The molecule has 0 aliphatic carbocycles. The number of nitrogens with zero attached hydrogens (tertiary/aromatic N) is 2. The lowest BCUT2D eigenvalue weighted by Gasteiger charge is -2.38. The molecule has 0 radical (unpaired) electrons. The van der Waals surface area contributed by atoms with Crippen molar-refractivity contribution in [2.24, 2.45) is 5.73 Å². The standard InChI is InChI=1S/C16H26ClN3/c1-12(18)9-13-6-7-16(15(17)10-13)20-8-4-5-14(11-20)19(2)3/h6-7,10,12,14H,4-5,8-9,11,18H2,1-3H3. The molecule has 0 aromatic heterocycles. The Hall–Kier alpha value is -0.770. The van der Waals surface area contributed by atoms with Gasteiger partial charge in [0, 0.05) is 25.2 Å². The molecule has 1 aromatic carbocycles. The maximum atomic E-state index is 6.48. The predicted octanol–water partition coefficient (Wildman–Crippen LogP) is 2.76. The van der Waals surface area contributed by atoms with Crippen molar-refractivity contribution in [1.82, 2.24) is 4.90 Å². The summed E-state index contributed by atoms with van der Waals surface area (Å²) < 4.78 is 0. The largest absolute Gasteiger partial charge is 0.369 e. The van der Waals surface area contributed by atoms with Crippen LogP contribution in [0.15, 0.2) is 18.2 Å². The van der Waals surface area contributed by atoms with E-state index in [-0.39, 0.29) is 6.04 Å². The molecule has 20 heavy (non-hydrogen) atoms. The Morgan fingerprint density at radius 1 is 1.45 bits per heavy atom. The average Bonchev–Trinajstić information content (AvgIpc) is 2.38. The van der Waals surface area contributed by atoms with Crippen LogP contribution >= 0.6 is 11.6 Å². The fraction of sp³-hybridized carbons (Fsp3) is 0.625. The van der Waals surface area contributed by atoms with Gasteiger partial charge in [-0.2, -0.15) is 0 Å². The summed E-state index contributed by atoms with van der Waals surface area (Å²) in [7, 11) is 4.31. The van der Waals surface area contributed by atoms with Gasteiger partial charge in [0.15, 0.2) is 0 Å². The molecule has 1 heterocycles. The molecule has 2 unspecified atom stereocenters. The molecule has 2 N–H and O–H groups in total. The lowest BCUT2D eigenvalue weighted by Crippen LogP contribution is -2.45. The Labute approximate surface area is 127 Å². The first-order valence-electron chi connectivity index (χ1n) is 7.42. The molecular formula is C16H26ClN3. The number of anilines is 1. The van der Waals surface area contributed by atoms with Crippen molar-refractivity contribution < 1.29 is 0 Å². The third-order valence-corrected chi connectivity index (χ3v) is 4.34. The van der Waals surface area contributed by atoms with Gasteiger partial charge in [-0.25, -0.2) is 0 Å². The fourth-order valence-electron chi connectivity index (χ4n) is 2.90. The molecule has 0 saturated carbocycles. The van der Waals surface area contributed by atoms with E-state index in [2.05, 4.69) is 42.1 Å². The van der Waals surface area contributed by atoms with Crippen molar-refractivity contribution in [3.63, 3.8) is 0 Å². The lowest BCUT2D eigenvalue weighted by molar-refractivity contribution is 0.258. The number of nitrogens with two attached hydrogens (primary N) is 1. The van der Waals surface area contributed by atoms with Gasteiger partial charge in [-0.15, -0.1) is 0 Å². The molecule has 0 amide bonds. The van der Waals surface area contributed by atoms with Crippen LogP contribution < -0.4 is 10.6 Å². The Balaban J connectivity index is 2.12. The molecule has 112 valence electrons. The monoisotopic (exact) mass is 295 g/mol. The molecule has 1 aromatic rings. The van der Waals surface area contributed by atoms with Crippen molar-refractivity contribution in [3.05, 3.63) is 28.8 Å². The highest BCUT2D eigenvalue weighted by Gasteiger charge is 2.22. The summed E-state index contributed by atoms with van der Waals surface area (Å²) in [6, 6.07) is 7.16. The zero-order valence-electron chi connectivity index (χ0n) is 12.8. The SMILES string of the molecule is CC(N)Cc1ccc(N2CCCC(N(C)C)C2)c(Cl)c1. The first kappa shape index (κ1) is 15.6. The molecule has 2 rings (SSSR count). The van der Waals surface area contributed by atoms with Crippen LogP contribution in [-0.2, 0) is 6.42 Å². The van der Waals surface area contributed by atoms with Crippen LogP contribution in [0.1, 0.15) is 25.3 Å². The Morgan fingerprint density at radius 2 is 2.20 bits per heavy atom. The van der Waals surface area contributed by atoms with Crippen LogP contribution in [0.4, 0.5) is 5.69 Å². The Bertz CT molecular complexity index is 445. The summed E-state index contributed by atoms with van der Waals surface area (Å²) >= 11 is 6.48. The second-order valence-corrected chi connectivity index (χ2v) is 6.58. The van der Waals surface area contributed by atoms with E-state index in [0.717, 1.165) is 30.2 Å². The van der Waals surface area contributed by atoms with Gasteiger partial charge >= 0.3 is 0 Å². The molecule has 1 saturated heterocycles. The highest BCUT2D eigenvalue weighted by atomic mass is 35.5. The smallest absolute Gasteiger partial charge is 0.0642 e. The minimum absolute atomic E-state index is 0.171. The highest BCUT2D eigenvalue weighted by Crippen LogP contribution is 2.30. The molecule has 0 spiro atoms. The van der Waals surface area contributed by atoms with Crippen molar-refractivity contribution in [2.75, 3.05) is 32.1 Å². The minimum Gasteiger partial charge on any atom is -0.369 e. The maximum absolute atomic E-state index is 6.48. The molecular weight excluding hydrogens is 270 g/mol. The predicted molar refractivity (Wildman–Crippen MR) is 87.7 cm³/mol. The third kappa shape index (κ3) is 3.87. The Morgan fingerprint density at radius 3 is 2.80 bits per heavy atom. The normalized spacial score (nSPS) is 21.3. The number of benzene rings is 1. The van der Waals surface area contributed by atoms with Crippen LogP contribution in [0.3, 0.4) is 0 Å². The average molecular weight is 296 g/mol. The van der Waals surface area contributed by atoms with E-state index in [1.165, 1.54) is 18.4 Å². The van der Waals surface area contributed by atoms with Crippen LogP contribution in [-0.4, -0.2) is 44.2 Å². The molecule has 1 fully saturated rings. The molecule has 3 nitrogen and oxygen atoms in total. The summed E-state index contributed by atoms with van der Waals surface area (Å²) in [6.07, 6.45) is 3.37. The van der Waals surface area contributed by atoms with Crippen LogP contribution in [0.25, 0.3) is 0 Å². The van der Waals surface area contributed by atoms with Crippen LogP contribution in [0.2, 0.25) is 5.02 Å². The molecule has 4 heteroatoms. The second kappa shape index (κ2) is 6.79. The fourth-order valence-corrected chi connectivity index (χ4v) is 3.22. The van der Waals surface area contributed by atoms with E-state index >= 15 is 0 Å². The van der Waals surface area contributed by atoms with E-state index in [9.17, 15) is 0 Å². The summed E-state index contributed by atoms with van der Waals surface area (Å²) in [5.74, 6) is 0. The van der Waals surface area contributed by atoms with Crippen molar-refractivity contribution >= 4 is 17.3 Å². The number of piperidine rings is 1. The highest BCUT2D eigenvalue weighted by molar-refractivity contribution is 6.33. The van der Waals surface area contributed by atoms with Gasteiger partial charge in [-0.05, 0) is 58.0 Å². The van der Waals surface area contributed by atoms with Crippen molar-refractivity contribution in [1.29, 1.82) is 0 Å². The van der Waals surface area contributed by atoms with Crippen molar-refractivity contribution in [3.8, 4) is 0 Å². The topological polar surface area (TPSA) is 32.5 Å². The maximum Gasteiger partial charge on any atom is 0.0642 e. The van der Waals surface area contributed by atoms with Gasteiger partial charge in [-0.3, -0.25) is 0 Å². The lowest BCUT2D eigenvalue weighted by atomic mass is 10.0. The number of halogens is 1. The third-order valence-electron chi connectivity index (χ3n) is 4.04. The van der Waals surface area contributed by atoms with Crippen molar-refractivity contribution in [2.45, 2.75) is 38.3 Å². The molecule has 1 aliphatic rings. The van der Waals surface area contributed by atoms with Gasteiger partial charge in [0.1, 0.15) is 0 Å². The molecule has 0 bridgehead atoms. The Kier molecular flexibility index (Phi) is 5.30. The first-order valence-corrected chi connectivity index (χ1v) is 7.80. The minimum atomic E-state index is 0.171.